The van der Waals surface area contributed by atoms with Crippen molar-refractivity contribution in [1.29, 1.82) is 0 Å². The second kappa shape index (κ2) is 13.1. The molecular formula is C27H30Cl3N3O7. The number of fused-ring (bicyclic) bond motifs is 1. The summed E-state index contributed by atoms with van der Waals surface area (Å²) in [7, 11) is 1.56. The lowest BCUT2D eigenvalue weighted by atomic mass is 10.1. The summed E-state index contributed by atoms with van der Waals surface area (Å²) in [6, 6.07) is 8.15. The molecule has 3 aromatic rings. The summed E-state index contributed by atoms with van der Waals surface area (Å²) in [5, 5.41) is 0.514. The first-order valence-corrected chi connectivity index (χ1v) is 13.3. The van der Waals surface area contributed by atoms with Crippen molar-refractivity contribution in [1.82, 2.24) is 9.55 Å². The first-order chi connectivity index (χ1) is 18.7. The smallest absolute Gasteiger partial charge is 0.419 e. The molecular weight excluding hydrogens is 585 g/mol. The topological polar surface area (TPSA) is 109 Å². The largest absolute Gasteiger partial charge is 0.475 e. The number of anilines is 2. The molecule has 0 N–H and O–H groups in total. The number of hydrogen-bond donors (Lipinski definition) is 0. The summed E-state index contributed by atoms with van der Waals surface area (Å²) in [5.74, 6) is -0.363. The Morgan fingerprint density at radius 3 is 2.30 bits per heavy atom. The van der Waals surface area contributed by atoms with Gasteiger partial charge >= 0.3 is 12.1 Å². The van der Waals surface area contributed by atoms with E-state index in [4.69, 9.17) is 53.8 Å². The number of ketones is 1. The number of halogens is 3. The number of esters is 1. The third-order valence-corrected chi connectivity index (χ3v) is 5.61. The van der Waals surface area contributed by atoms with E-state index < -0.39 is 28.1 Å². The van der Waals surface area contributed by atoms with Crippen molar-refractivity contribution in [2.24, 2.45) is 0 Å². The second-order valence-electron chi connectivity index (χ2n) is 9.72. The lowest BCUT2D eigenvalue weighted by Gasteiger charge is -2.24. The minimum Gasteiger partial charge on any atom is -0.475 e. The molecule has 40 heavy (non-hydrogen) atoms. The van der Waals surface area contributed by atoms with Gasteiger partial charge < -0.3 is 23.5 Å². The number of pyridine rings is 1. The zero-order valence-corrected chi connectivity index (χ0v) is 25.0. The van der Waals surface area contributed by atoms with Gasteiger partial charge in [0.1, 0.15) is 25.4 Å². The number of hydrogen-bond acceptors (Lipinski definition) is 8. The van der Waals surface area contributed by atoms with E-state index in [-0.39, 0.29) is 12.3 Å². The Balaban J connectivity index is 2.03. The maximum absolute atomic E-state index is 13.2. The van der Waals surface area contributed by atoms with Gasteiger partial charge in [-0.25, -0.2) is 14.7 Å². The number of amides is 1. The number of methoxy groups -OCH3 is 1. The molecule has 2 heterocycles. The first kappa shape index (κ1) is 31.5. The zero-order chi connectivity index (χ0) is 29.7. The fourth-order valence-corrected chi connectivity index (χ4v) is 3.90. The summed E-state index contributed by atoms with van der Waals surface area (Å²) >= 11 is 17.4. The van der Waals surface area contributed by atoms with Gasteiger partial charge in [-0.1, -0.05) is 34.8 Å². The zero-order valence-electron chi connectivity index (χ0n) is 22.7. The fraction of sp³-hybridized carbons (Fsp3) is 0.407. The Morgan fingerprint density at radius 1 is 1.02 bits per heavy atom. The summed E-state index contributed by atoms with van der Waals surface area (Å²) in [5.41, 5.74) is 0.951. The van der Waals surface area contributed by atoms with Crippen molar-refractivity contribution in [2.75, 3.05) is 31.8 Å². The van der Waals surface area contributed by atoms with Crippen molar-refractivity contribution >= 4 is 74.9 Å². The van der Waals surface area contributed by atoms with Gasteiger partial charge in [0.05, 0.1) is 24.2 Å². The van der Waals surface area contributed by atoms with E-state index in [1.54, 1.807) is 69.0 Å². The van der Waals surface area contributed by atoms with E-state index >= 15 is 0 Å². The number of benzene rings is 1. The van der Waals surface area contributed by atoms with Gasteiger partial charge in [-0.15, -0.1) is 0 Å². The highest BCUT2D eigenvalue weighted by Gasteiger charge is 2.27. The predicted molar refractivity (Wildman–Crippen MR) is 153 cm³/mol. The average Bonchev–Trinajstić information content (AvgIpc) is 3.20. The number of Topliss-reactive ketones (excluding diaryl/α,β-unsaturated/α-hetero) is 1. The lowest BCUT2D eigenvalue weighted by molar-refractivity contribution is -0.155. The van der Waals surface area contributed by atoms with Crippen LogP contribution in [0, 0.1) is 0 Å². The van der Waals surface area contributed by atoms with Crippen molar-refractivity contribution in [3.63, 3.8) is 0 Å². The van der Waals surface area contributed by atoms with Gasteiger partial charge in [-0.3, -0.25) is 9.59 Å². The van der Waals surface area contributed by atoms with E-state index in [0.717, 1.165) is 0 Å². The highest BCUT2D eigenvalue weighted by Crippen LogP contribution is 2.33. The molecule has 0 unspecified atom stereocenters. The monoisotopic (exact) mass is 613 g/mol. The van der Waals surface area contributed by atoms with Crippen LogP contribution in [0.25, 0.3) is 10.9 Å². The molecule has 3 rings (SSSR count). The first-order valence-electron chi connectivity index (χ1n) is 12.2. The van der Waals surface area contributed by atoms with Crippen molar-refractivity contribution in [3.05, 3.63) is 48.3 Å². The van der Waals surface area contributed by atoms with Crippen LogP contribution in [-0.4, -0.2) is 63.7 Å². The number of rotatable bonds is 10. The van der Waals surface area contributed by atoms with E-state index in [2.05, 4.69) is 4.98 Å². The Labute approximate surface area is 247 Å². The van der Waals surface area contributed by atoms with E-state index in [1.807, 2.05) is 0 Å². The van der Waals surface area contributed by atoms with Crippen molar-refractivity contribution in [3.8, 4) is 5.88 Å². The SMILES string of the molecule is COCCOc1ccc(N(C(=O)OCC(Cl)(Cl)Cl)c2ccc3c(c2)c(C(C)=O)cn3CC(=O)OC(C)(C)C)cn1. The van der Waals surface area contributed by atoms with Gasteiger partial charge in [0.2, 0.25) is 9.67 Å². The fourth-order valence-electron chi connectivity index (χ4n) is 3.74. The molecule has 0 spiro atoms. The van der Waals surface area contributed by atoms with Gasteiger partial charge in [-0.05, 0) is 52.0 Å². The van der Waals surface area contributed by atoms with Gasteiger partial charge in [0.15, 0.2) is 5.78 Å². The molecule has 0 aliphatic carbocycles. The molecule has 216 valence electrons. The normalized spacial score (nSPS) is 11.8. The number of ether oxygens (including phenoxy) is 4. The van der Waals surface area contributed by atoms with Crippen molar-refractivity contribution < 1.29 is 33.3 Å². The third kappa shape index (κ3) is 8.72. The van der Waals surface area contributed by atoms with Crippen LogP contribution in [0.15, 0.2) is 42.7 Å². The van der Waals surface area contributed by atoms with Crippen LogP contribution in [0.4, 0.5) is 16.2 Å². The highest BCUT2D eigenvalue weighted by atomic mass is 35.6. The van der Waals surface area contributed by atoms with Crippen LogP contribution < -0.4 is 9.64 Å². The maximum Gasteiger partial charge on any atom is 0.419 e. The maximum atomic E-state index is 13.2. The standard InChI is InChI=1S/C27H30Cl3N3O7/c1-17(34)21-14-32(15-24(35)40-26(2,3)4)22-8-6-18(12-20(21)22)33(25(36)39-16-27(28,29)30)19-7-9-23(31-13-19)38-11-10-37-5/h6-9,12-14H,10-11,15-16H2,1-5H3. The molecule has 1 amide bonds. The molecule has 0 saturated heterocycles. The summed E-state index contributed by atoms with van der Waals surface area (Å²) in [6.45, 7) is 6.79. The molecule has 0 radical (unpaired) electrons. The minimum absolute atomic E-state index is 0.107. The predicted octanol–water partition coefficient (Wildman–Crippen LogP) is 6.25. The molecule has 1 aromatic carbocycles. The average molecular weight is 615 g/mol. The van der Waals surface area contributed by atoms with Gasteiger partial charge in [0, 0.05) is 35.8 Å². The number of carbonyl (C=O) groups is 3. The second-order valence-corrected chi connectivity index (χ2v) is 12.2. The molecule has 0 aliphatic rings. The lowest BCUT2D eigenvalue weighted by Crippen LogP contribution is -2.30. The molecule has 0 aliphatic heterocycles. The van der Waals surface area contributed by atoms with E-state index in [9.17, 15) is 14.4 Å². The Hall–Kier alpha value is -3.05. The number of aromatic nitrogens is 2. The van der Waals surface area contributed by atoms with Crippen LogP contribution in [0.1, 0.15) is 38.1 Å². The minimum atomic E-state index is -1.83. The molecule has 0 saturated carbocycles. The molecule has 0 bridgehead atoms. The van der Waals surface area contributed by atoms with E-state index in [0.29, 0.717) is 46.9 Å². The summed E-state index contributed by atoms with van der Waals surface area (Å²) < 4.78 is 21.0. The Morgan fingerprint density at radius 2 is 1.73 bits per heavy atom. The van der Waals surface area contributed by atoms with Gasteiger partial charge in [0.25, 0.3) is 0 Å². The van der Waals surface area contributed by atoms with Crippen LogP contribution in [0.2, 0.25) is 0 Å². The highest BCUT2D eigenvalue weighted by molar-refractivity contribution is 6.67. The quantitative estimate of drug-likeness (QED) is 0.114. The molecule has 2 aromatic heterocycles. The molecule has 10 nitrogen and oxygen atoms in total. The number of carbonyl (C=O) groups excluding carboxylic acids is 3. The third-order valence-electron chi connectivity index (χ3n) is 5.28. The summed E-state index contributed by atoms with van der Waals surface area (Å²) in [6.07, 6.45) is 2.15. The molecule has 13 heteroatoms. The van der Waals surface area contributed by atoms with Crippen LogP contribution in [0.3, 0.4) is 0 Å². The summed E-state index contributed by atoms with van der Waals surface area (Å²) in [4.78, 5) is 43.7. The number of alkyl halides is 3. The Bertz CT molecular complexity index is 1360. The molecule has 0 fully saturated rings. The number of nitrogens with zero attached hydrogens (tertiary/aromatic N) is 3. The van der Waals surface area contributed by atoms with E-state index in [1.165, 1.54) is 18.0 Å². The molecule has 0 atom stereocenters. The van der Waals surface area contributed by atoms with Crippen molar-refractivity contribution in [2.45, 2.75) is 43.6 Å². The van der Waals surface area contributed by atoms with Gasteiger partial charge in [-0.2, -0.15) is 0 Å². The van der Waals surface area contributed by atoms with Crippen LogP contribution >= 0.6 is 34.8 Å². The van der Waals surface area contributed by atoms with Crippen LogP contribution in [-0.2, 0) is 25.5 Å². The van der Waals surface area contributed by atoms with Crippen LogP contribution in [0.5, 0.6) is 5.88 Å². The Kier molecular flexibility index (Phi) is 10.3.